The van der Waals surface area contributed by atoms with Crippen molar-refractivity contribution in [1.82, 2.24) is 4.98 Å². The number of anilines is 1. The van der Waals surface area contributed by atoms with Crippen LogP contribution in [0.5, 0.6) is 0 Å². The first kappa shape index (κ1) is 14.2. The molecule has 5 heteroatoms. The highest BCUT2D eigenvalue weighted by atomic mass is 32.2. The SMILES string of the molecule is CSC1(CNc2cc(C(=O)O)c3ccccc3n2)CCC1. The molecule has 1 heterocycles. The highest BCUT2D eigenvalue weighted by molar-refractivity contribution is 8.00. The number of fused-ring (bicyclic) bond motifs is 1. The second-order valence-corrected chi connectivity index (χ2v) is 6.75. The first-order valence-corrected chi connectivity index (χ1v) is 8.28. The van der Waals surface area contributed by atoms with Crippen molar-refractivity contribution in [3.05, 3.63) is 35.9 Å². The maximum Gasteiger partial charge on any atom is 0.336 e. The van der Waals surface area contributed by atoms with Crippen LogP contribution in [-0.2, 0) is 0 Å². The Hall–Kier alpha value is -1.75. The van der Waals surface area contributed by atoms with E-state index in [1.165, 1.54) is 19.3 Å². The number of para-hydroxylation sites is 1. The van der Waals surface area contributed by atoms with Gasteiger partial charge in [0.05, 0.1) is 11.1 Å². The van der Waals surface area contributed by atoms with Crippen LogP contribution in [0, 0.1) is 0 Å². The van der Waals surface area contributed by atoms with E-state index in [0.29, 0.717) is 22.3 Å². The van der Waals surface area contributed by atoms with Crippen molar-refractivity contribution in [2.45, 2.75) is 24.0 Å². The number of rotatable bonds is 5. The van der Waals surface area contributed by atoms with Crippen molar-refractivity contribution in [2.24, 2.45) is 0 Å². The van der Waals surface area contributed by atoms with Crippen molar-refractivity contribution in [3.63, 3.8) is 0 Å². The van der Waals surface area contributed by atoms with E-state index in [4.69, 9.17) is 0 Å². The third-order valence-electron chi connectivity index (χ3n) is 4.24. The van der Waals surface area contributed by atoms with Crippen LogP contribution in [0.2, 0.25) is 0 Å². The van der Waals surface area contributed by atoms with Gasteiger partial charge in [0, 0.05) is 16.7 Å². The van der Waals surface area contributed by atoms with Gasteiger partial charge >= 0.3 is 5.97 Å². The van der Waals surface area contributed by atoms with Crippen LogP contribution >= 0.6 is 11.8 Å². The van der Waals surface area contributed by atoms with Crippen LogP contribution in [0.15, 0.2) is 30.3 Å². The number of hydrogen-bond donors (Lipinski definition) is 2. The Morgan fingerprint density at radius 1 is 1.43 bits per heavy atom. The molecule has 0 spiro atoms. The van der Waals surface area contributed by atoms with Gasteiger partial charge in [-0.25, -0.2) is 9.78 Å². The smallest absolute Gasteiger partial charge is 0.336 e. The summed E-state index contributed by atoms with van der Waals surface area (Å²) in [5.41, 5.74) is 1.02. The Bertz CT molecular complexity index is 678. The second kappa shape index (κ2) is 5.56. The zero-order valence-electron chi connectivity index (χ0n) is 11.9. The molecule has 0 aliphatic heterocycles. The summed E-state index contributed by atoms with van der Waals surface area (Å²) in [6.45, 7) is 0.832. The van der Waals surface area contributed by atoms with Gasteiger partial charge in [0.15, 0.2) is 0 Å². The lowest BCUT2D eigenvalue weighted by atomic mass is 9.84. The standard InChI is InChI=1S/C16H18N2O2S/c1-21-16(7-4-8-16)10-17-14-9-12(15(19)20)11-5-2-3-6-13(11)18-14/h2-3,5-6,9H,4,7-8,10H2,1H3,(H,17,18)(H,19,20). The molecule has 1 aromatic carbocycles. The molecule has 0 unspecified atom stereocenters. The number of carboxylic acid groups (broad SMARTS) is 1. The highest BCUT2D eigenvalue weighted by Gasteiger charge is 2.35. The number of thioether (sulfide) groups is 1. The molecule has 4 nitrogen and oxygen atoms in total. The van der Waals surface area contributed by atoms with Crippen molar-refractivity contribution >= 4 is 34.5 Å². The van der Waals surface area contributed by atoms with E-state index in [0.717, 1.165) is 6.54 Å². The van der Waals surface area contributed by atoms with E-state index < -0.39 is 5.97 Å². The summed E-state index contributed by atoms with van der Waals surface area (Å²) in [5, 5.41) is 13.4. The number of carboxylic acids is 1. The number of aromatic nitrogens is 1. The first-order valence-electron chi connectivity index (χ1n) is 7.06. The van der Waals surface area contributed by atoms with Gasteiger partial charge < -0.3 is 10.4 Å². The fourth-order valence-electron chi connectivity index (χ4n) is 2.72. The summed E-state index contributed by atoms with van der Waals surface area (Å²) < 4.78 is 0.288. The van der Waals surface area contributed by atoms with Crippen molar-refractivity contribution in [2.75, 3.05) is 18.1 Å². The van der Waals surface area contributed by atoms with Gasteiger partial charge in [0.2, 0.25) is 0 Å². The van der Waals surface area contributed by atoms with Gasteiger partial charge in [-0.3, -0.25) is 0 Å². The van der Waals surface area contributed by atoms with Gasteiger partial charge in [0.1, 0.15) is 5.82 Å². The molecule has 0 bridgehead atoms. The van der Waals surface area contributed by atoms with Crippen molar-refractivity contribution in [1.29, 1.82) is 0 Å². The summed E-state index contributed by atoms with van der Waals surface area (Å²) in [4.78, 5) is 16.0. The number of hydrogen-bond acceptors (Lipinski definition) is 4. The molecule has 1 aliphatic rings. The minimum absolute atomic E-state index is 0.288. The summed E-state index contributed by atoms with van der Waals surface area (Å²) in [7, 11) is 0. The number of nitrogens with one attached hydrogen (secondary N) is 1. The Balaban J connectivity index is 1.90. The second-order valence-electron chi connectivity index (χ2n) is 5.47. The topological polar surface area (TPSA) is 62.2 Å². The summed E-state index contributed by atoms with van der Waals surface area (Å²) in [5.74, 6) is -0.272. The molecular formula is C16H18N2O2S. The lowest BCUT2D eigenvalue weighted by Gasteiger charge is -2.40. The molecule has 21 heavy (non-hydrogen) atoms. The molecule has 1 aromatic heterocycles. The summed E-state index contributed by atoms with van der Waals surface area (Å²) >= 11 is 1.89. The highest BCUT2D eigenvalue weighted by Crippen LogP contribution is 2.42. The molecule has 0 amide bonds. The number of aromatic carboxylic acids is 1. The lowest BCUT2D eigenvalue weighted by molar-refractivity contribution is 0.0699. The first-order chi connectivity index (χ1) is 10.1. The van der Waals surface area contributed by atoms with Crippen LogP contribution in [0.1, 0.15) is 29.6 Å². The van der Waals surface area contributed by atoms with Crippen LogP contribution in [0.4, 0.5) is 5.82 Å². The van der Waals surface area contributed by atoms with Crippen LogP contribution in [0.25, 0.3) is 10.9 Å². The fraction of sp³-hybridized carbons (Fsp3) is 0.375. The molecule has 0 radical (unpaired) electrons. The van der Waals surface area contributed by atoms with Crippen LogP contribution in [-0.4, -0.2) is 33.6 Å². The van der Waals surface area contributed by atoms with Gasteiger partial charge in [-0.2, -0.15) is 11.8 Å². The molecule has 1 saturated carbocycles. The van der Waals surface area contributed by atoms with Crippen molar-refractivity contribution < 1.29 is 9.90 Å². The number of pyridine rings is 1. The molecule has 1 fully saturated rings. The molecular weight excluding hydrogens is 284 g/mol. The molecule has 0 saturated heterocycles. The van der Waals surface area contributed by atoms with E-state index in [1.807, 2.05) is 30.0 Å². The normalized spacial score (nSPS) is 16.4. The lowest BCUT2D eigenvalue weighted by Crippen LogP contribution is -2.40. The quantitative estimate of drug-likeness (QED) is 0.883. The van der Waals surface area contributed by atoms with Crippen molar-refractivity contribution in [3.8, 4) is 0 Å². The molecule has 3 rings (SSSR count). The van der Waals surface area contributed by atoms with Crippen LogP contribution < -0.4 is 5.32 Å². The maximum atomic E-state index is 11.4. The maximum absolute atomic E-state index is 11.4. The minimum atomic E-state index is -0.917. The Kier molecular flexibility index (Phi) is 3.76. The minimum Gasteiger partial charge on any atom is -0.478 e. The fourth-order valence-corrected chi connectivity index (χ4v) is 3.63. The monoisotopic (exact) mass is 302 g/mol. The molecule has 2 N–H and O–H groups in total. The molecule has 2 aromatic rings. The molecule has 110 valence electrons. The zero-order valence-corrected chi connectivity index (χ0v) is 12.7. The summed E-state index contributed by atoms with van der Waals surface area (Å²) in [6, 6.07) is 8.99. The third-order valence-corrected chi connectivity index (χ3v) is 5.65. The van der Waals surface area contributed by atoms with Gasteiger partial charge in [-0.1, -0.05) is 24.6 Å². The van der Waals surface area contributed by atoms with E-state index in [-0.39, 0.29) is 4.75 Å². The number of benzene rings is 1. The van der Waals surface area contributed by atoms with E-state index >= 15 is 0 Å². The average molecular weight is 302 g/mol. The van der Waals surface area contributed by atoms with Crippen LogP contribution in [0.3, 0.4) is 0 Å². The molecule has 0 atom stereocenters. The average Bonchev–Trinajstić information content (AvgIpc) is 2.45. The third kappa shape index (κ3) is 2.70. The Labute approximate surface area is 128 Å². The van der Waals surface area contributed by atoms with E-state index in [2.05, 4.69) is 16.6 Å². The Morgan fingerprint density at radius 2 is 2.19 bits per heavy atom. The van der Waals surface area contributed by atoms with Gasteiger partial charge in [0.25, 0.3) is 0 Å². The predicted octanol–water partition coefficient (Wildman–Crippen LogP) is 3.63. The number of nitrogens with zero attached hydrogens (tertiary/aromatic N) is 1. The predicted molar refractivity (Wildman–Crippen MR) is 87.3 cm³/mol. The number of carbonyl (C=O) groups is 1. The van der Waals surface area contributed by atoms with E-state index in [9.17, 15) is 9.90 Å². The summed E-state index contributed by atoms with van der Waals surface area (Å²) in [6.07, 6.45) is 5.83. The van der Waals surface area contributed by atoms with Gasteiger partial charge in [-0.15, -0.1) is 0 Å². The largest absolute Gasteiger partial charge is 0.478 e. The van der Waals surface area contributed by atoms with E-state index in [1.54, 1.807) is 12.1 Å². The Morgan fingerprint density at radius 3 is 2.81 bits per heavy atom. The zero-order chi connectivity index (χ0) is 14.9. The molecule has 1 aliphatic carbocycles. The van der Waals surface area contributed by atoms with Gasteiger partial charge in [-0.05, 0) is 31.2 Å².